The zero-order chi connectivity index (χ0) is 9.80. The van der Waals surface area contributed by atoms with E-state index in [-0.39, 0.29) is 0 Å². The van der Waals surface area contributed by atoms with Gasteiger partial charge in [-0.3, -0.25) is 4.79 Å². The molecule has 0 unspecified atom stereocenters. The zero-order valence-electron chi connectivity index (χ0n) is 7.86. The molecule has 1 N–H and O–H groups in total. The molecule has 3 nitrogen and oxygen atoms in total. The van der Waals surface area contributed by atoms with Crippen LogP contribution in [-0.2, 0) is 17.6 Å². The summed E-state index contributed by atoms with van der Waals surface area (Å²) in [6, 6.07) is 6.31. The van der Waals surface area contributed by atoms with Gasteiger partial charge < -0.3 is 0 Å². The molecule has 0 heterocycles. The fourth-order valence-electron chi connectivity index (χ4n) is 1.81. The quantitative estimate of drug-likeness (QED) is 0.433. The van der Waals surface area contributed by atoms with Crippen molar-refractivity contribution in [2.75, 3.05) is 0 Å². The smallest absolute Gasteiger partial charge is 0.227 e. The Morgan fingerprint density at radius 1 is 1.29 bits per heavy atom. The second-order valence-electron chi connectivity index (χ2n) is 3.39. The molecule has 1 aliphatic carbocycles. The van der Waals surface area contributed by atoms with Gasteiger partial charge in [0.25, 0.3) is 0 Å². The zero-order valence-corrected chi connectivity index (χ0v) is 7.86. The number of hydrogen-bond donors (Lipinski definition) is 1. The van der Waals surface area contributed by atoms with E-state index in [1.54, 1.807) is 6.21 Å². The van der Waals surface area contributed by atoms with Crippen molar-refractivity contribution in [1.29, 1.82) is 0 Å². The SMILES string of the molecule is O=CN/N=C/c1ccc2c(c1)CCC2. The molecule has 14 heavy (non-hydrogen) atoms. The molecule has 1 amide bonds. The van der Waals surface area contributed by atoms with Crippen LogP contribution in [0.15, 0.2) is 23.3 Å². The Kier molecular flexibility index (Phi) is 2.58. The van der Waals surface area contributed by atoms with E-state index < -0.39 is 0 Å². The molecule has 0 spiro atoms. The molecule has 0 atom stereocenters. The van der Waals surface area contributed by atoms with Crippen LogP contribution < -0.4 is 5.43 Å². The van der Waals surface area contributed by atoms with E-state index in [9.17, 15) is 4.79 Å². The van der Waals surface area contributed by atoms with Crippen molar-refractivity contribution in [3.8, 4) is 0 Å². The lowest BCUT2D eigenvalue weighted by Crippen LogP contribution is -2.00. The Morgan fingerprint density at radius 3 is 3.00 bits per heavy atom. The molecular weight excluding hydrogens is 176 g/mol. The largest absolute Gasteiger partial charge is 0.277 e. The number of benzene rings is 1. The van der Waals surface area contributed by atoms with Gasteiger partial charge in [-0.15, -0.1) is 0 Å². The highest BCUT2D eigenvalue weighted by molar-refractivity contribution is 5.80. The van der Waals surface area contributed by atoms with E-state index in [1.807, 2.05) is 6.07 Å². The van der Waals surface area contributed by atoms with Crippen molar-refractivity contribution < 1.29 is 4.79 Å². The summed E-state index contributed by atoms with van der Waals surface area (Å²) >= 11 is 0. The Hall–Kier alpha value is -1.64. The number of hydrazone groups is 1. The van der Waals surface area contributed by atoms with Crippen LogP contribution in [0.3, 0.4) is 0 Å². The van der Waals surface area contributed by atoms with Gasteiger partial charge in [-0.2, -0.15) is 5.10 Å². The normalized spacial score (nSPS) is 14.3. The first kappa shape index (κ1) is 8.94. The van der Waals surface area contributed by atoms with Gasteiger partial charge in [-0.05, 0) is 42.0 Å². The average Bonchev–Trinajstić information content (AvgIpc) is 2.65. The molecule has 0 aromatic heterocycles. The highest BCUT2D eigenvalue weighted by Gasteiger charge is 2.09. The summed E-state index contributed by atoms with van der Waals surface area (Å²) in [6.07, 6.45) is 5.83. The maximum Gasteiger partial charge on any atom is 0.227 e. The van der Waals surface area contributed by atoms with Gasteiger partial charge in [0.15, 0.2) is 0 Å². The Labute approximate surface area is 82.8 Å². The molecule has 1 aliphatic rings. The molecule has 0 bridgehead atoms. The number of hydrogen-bond acceptors (Lipinski definition) is 2. The maximum absolute atomic E-state index is 9.96. The predicted molar refractivity (Wildman–Crippen MR) is 55.3 cm³/mol. The number of fused-ring (bicyclic) bond motifs is 1. The van der Waals surface area contributed by atoms with Crippen LogP contribution in [-0.4, -0.2) is 12.6 Å². The van der Waals surface area contributed by atoms with Crippen molar-refractivity contribution in [1.82, 2.24) is 5.43 Å². The molecule has 0 aliphatic heterocycles. The summed E-state index contributed by atoms with van der Waals surface area (Å²) in [5.41, 5.74) is 6.16. The minimum atomic E-state index is 0.559. The standard InChI is InChI=1S/C11H12N2O/c14-8-13-12-7-9-4-5-10-2-1-3-11(10)6-9/h4-8H,1-3H2,(H,13,14)/b12-7+. The summed E-state index contributed by atoms with van der Waals surface area (Å²) in [6.45, 7) is 0. The van der Waals surface area contributed by atoms with Gasteiger partial charge in [-0.1, -0.05) is 12.1 Å². The van der Waals surface area contributed by atoms with Crippen LogP contribution in [0.2, 0.25) is 0 Å². The first-order chi connectivity index (χ1) is 6.90. The number of carbonyl (C=O) groups is 1. The number of aryl methyl sites for hydroxylation is 2. The van der Waals surface area contributed by atoms with Crippen LogP contribution >= 0.6 is 0 Å². The Balaban J connectivity index is 2.16. The fourth-order valence-corrected chi connectivity index (χ4v) is 1.81. The summed E-state index contributed by atoms with van der Waals surface area (Å²) in [5.74, 6) is 0. The van der Waals surface area contributed by atoms with E-state index in [1.165, 1.54) is 24.0 Å². The molecule has 2 rings (SSSR count). The fraction of sp³-hybridized carbons (Fsp3) is 0.273. The molecule has 0 radical (unpaired) electrons. The van der Waals surface area contributed by atoms with Crippen molar-refractivity contribution in [2.45, 2.75) is 19.3 Å². The van der Waals surface area contributed by atoms with Crippen molar-refractivity contribution in [3.05, 3.63) is 34.9 Å². The van der Waals surface area contributed by atoms with E-state index in [4.69, 9.17) is 0 Å². The highest BCUT2D eigenvalue weighted by Crippen LogP contribution is 2.22. The maximum atomic E-state index is 9.96. The lowest BCUT2D eigenvalue weighted by atomic mass is 10.1. The van der Waals surface area contributed by atoms with Gasteiger partial charge in [0.2, 0.25) is 6.41 Å². The highest BCUT2D eigenvalue weighted by atomic mass is 16.1. The lowest BCUT2D eigenvalue weighted by Gasteiger charge is -1.99. The molecular formula is C11H12N2O. The van der Waals surface area contributed by atoms with Crippen molar-refractivity contribution in [2.24, 2.45) is 5.10 Å². The Bertz CT molecular complexity index is 372. The summed E-state index contributed by atoms with van der Waals surface area (Å²) < 4.78 is 0. The predicted octanol–water partition coefficient (Wildman–Crippen LogP) is 1.26. The van der Waals surface area contributed by atoms with Crippen LogP contribution in [0.5, 0.6) is 0 Å². The van der Waals surface area contributed by atoms with Gasteiger partial charge in [0, 0.05) is 0 Å². The van der Waals surface area contributed by atoms with Crippen molar-refractivity contribution >= 4 is 12.6 Å². The van der Waals surface area contributed by atoms with Gasteiger partial charge in [0.05, 0.1) is 6.21 Å². The Morgan fingerprint density at radius 2 is 2.14 bits per heavy atom. The van der Waals surface area contributed by atoms with Crippen LogP contribution in [0.4, 0.5) is 0 Å². The van der Waals surface area contributed by atoms with E-state index in [2.05, 4.69) is 22.7 Å². The molecule has 72 valence electrons. The van der Waals surface area contributed by atoms with Gasteiger partial charge in [-0.25, -0.2) is 5.43 Å². The second kappa shape index (κ2) is 4.05. The number of carbonyl (C=O) groups excluding carboxylic acids is 1. The van der Waals surface area contributed by atoms with Crippen molar-refractivity contribution in [3.63, 3.8) is 0 Å². The third-order valence-electron chi connectivity index (χ3n) is 2.46. The minimum absolute atomic E-state index is 0.559. The van der Waals surface area contributed by atoms with Crippen LogP contribution in [0.1, 0.15) is 23.1 Å². The number of nitrogens with one attached hydrogen (secondary N) is 1. The summed E-state index contributed by atoms with van der Waals surface area (Å²) in [5, 5.41) is 3.74. The number of rotatable bonds is 3. The minimum Gasteiger partial charge on any atom is -0.277 e. The number of nitrogens with zero attached hydrogens (tertiary/aromatic N) is 1. The third-order valence-corrected chi connectivity index (χ3v) is 2.46. The lowest BCUT2D eigenvalue weighted by molar-refractivity contribution is -0.109. The molecule has 1 aromatic carbocycles. The van der Waals surface area contributed by atoms with E-state index in [0.717, 1.165) is 12.0 Å². The summed E-state index contributed by atoms with van der Waals surface area (Å²) in [7, 11) is 0. The molecule has 0 fully saturated rings. The second-order valence-corrected chi connectivity index (χ2v) is 3.39. The number of amides is 1. The van der Waals surface area contributed by atoms with E-state index in [0.29, 0.717) is 6.41 Å². The molecule has 0 saturated heterocycles. The molecule has 3 heteroatoms. The summed E-state index contributed by atoms with van der Waals surface area (Å²) in [4.78, 5) is 9.96. The first-order valence-electron chi connectivity index (χ1n) is 4.74. The monoisotopic (exact) mass is 188 g/mol. The topological polar surface area (TPSA) is 41.5 Å². The molecule has 1 aromatic rings. The molecule has 0 saturated carbocycles. The van der Waals surface area contributed by atoms with Crippen LogP contribution in [0.25, 0.3) is 0 Å². The van der Waals surface area contributed by atoms with E-state index >= 15 is 0 Å². The third kappa shape index (κ3) is 1.82. The van der Waals surface area contributed by atoms with Gasteiger partial charge >= 0.3 is 0 Å². The van der Waals surface area contributed by atoms with Crippen LogP contribution in [0, 0.1) is 0 Å². The first-order valence-corrected chi connectivity index (χ1v) is 4.74. The average molecular weight is 188 g/mol. The van der Waals surface area contributed by atoms with Gasteiger partial charge in [0.1, 0.15) is 0 Å².